The van der Waals surface area contributed by atoms with Crippen molar-refractivity contribution in [1.82, 2.24) is 13.9 Å². The van der Waals surface area contributed by atoms with Gasteiger partial charge in [-0.1, -0.05) is 41.5 Å². The summed E-state index contributed by atoms with van der Waals surface area (Å²) in [6, 6.07) is 0. The molecule has 0 fully saturated rings. The first-order valence-corrected chi connectivity index (χ1v) is 7.29. The van der Waals surface area contributed by atoms with Gasteiger partial charge in [0.15, 0.2) is 17.4 Å². The van der Waals surface area contributed by atoms with Crippen LogP contribution in [-0.4, -0.2) is 106 Å². The molecule has 0 amide bonds. The van der Waals surface area contributed by atoms with Gasteiger partial charge in [0.25, 0.3) is 16.5 Å². The Morgan fingerprint density at radius 2 is 0.895 bits per heavy atom. The molecule has 0 heterocycles. The predicted octanol–water partition coefficient (Wildman–Crippen LogP) is -2.72. The largest absolute Gasteiger partial charge is 1.00 e. The van der Waals surface area contributed by atoms with Crippen molar-refractivity contribution in [2.75, 3.05) is 39.3 Å². The van der Waals surface area contributed by atoms with E-state index in [9.17, 15) is 0 Å². The second kappa shape index (κ2) is 25.1. The number of rotatable bonds is 7. The van der Waals surface area contributed by atoms with Crippen molar-refractivity contribution in [3.05, 3.63) is 0 Å². The quantitative estimate of drug-likeness (QED) is 0.372. The van der Waals surface area contributed by atoms with Gasteiger partial charge >= 0.3 is 18.9 Å². The molecule has 0 unspecified atom stereocenters. The smallest absolute Gasteiger partial charge is 1.00 e. The fraction of sp³-hybridized carbons (Fsp3) is 1.00. The first-order valence-electron chi connectivity index (χ1n) is 6.66. The van der Waals surface area contributed by atoms with Crippen LogP contribution in [0.25, 0.3) is 0 Å². The van der Waals surface area contributed by atoms with Gasteiger partial charge in [-0.15, -0.1) is 0 Å². The topological polar surface area (TPSA) is 9.72 Å². The summed E-state index contributed by atoms with van der Waals surface area (Å²) in [6.45, 7) is 20.0. The van der Waals surface area contributed by atoms with Gasteiger partial charge in [0, 0.05) is 45.0 Å². The van der Waals surface area contributed by atoms with Gasteiger partial charge in [0.2, 0.25) is 0 Å². The van der Waals surface area contributed by atoms with Gasteiger partial charge < -0.3 is 5.31 Å². The summed E-state index contributed by atoms with van der Waals surface area (Å²) in [5, 5.41) is 4.72. The second-order valence-electron chi connectivity index (χ2n) is 3.58. The minimum Gasteiger partial charge on any atom is -1.00 e. The van der Waals surface area contributed by atoms with Crippen molar-refractivity contribution in [1.29, 1.82) is 0 Å². The van der Waals surface area contributed by atoms with Gasteiger partial charge in [-0.3, -0.25) is 0 Å². The summed E-state index contributed by atoms with van der Waals surface area (Å²) >= 11 is 1.93. The summed E-state index contributed by atoms with van der Waals surface area (Å²) in [4.78, 5) is 0. The first-order chi connectivity index (χ1) is 7.60. The molecule has 0 N–H and O–H groups in total. The summed E-state index contributed by atoms with van der Waals surface area (Å²) in [5.74, 6) is 0. The summed E-state index contributed by atoms with van der Waals surface area (Å²) in [7, 11) is 0. The van der Waals surface area contributed by atoms with Crippen LogP contribution in [0.4, 0.5) is 0 Å². The van der Waals surface area contributed by atoms with Crippen molar-refractivity contribution in [2.45, 2.75) is 41.5 Å². The van der Waals surface area contributed by atoms with Crippen LogP contribution in [0.5, 0.6) is 0 Å². The summed E-state index contributed by atoms with van der Waals surface area (Å²) < 4.78 is 2.28. The van der Waals surface area contributed by atoms with Gasteiger partial charge in [-0.25, -0.2) is 10.0 Å². The maximum Gasteiger partial charge on any atom is 1.00 e. The van der Waals surface area contributed by atoms with Gasteiger partial charge in [0.05, 0.1) is 0 Å². The van der Waals surface area contributed by atoms with Crippen molar-refractivity contribution in [3.8, 4) is 0 Å². The zero-order chi connectivity index (χ0) is 13.0. The number of nitrogens with zero attached hydrogens (tertiary/aromatic N) is 3. The molecule has 0 saturated carbocycles. The van der Waals surface area contributed by atoms with Crippen LogP contribution in [0.3, 0.4) is 0 Å². The van der Waals surface area contributed by atoms with E-state index in [-0.39, 0.29) is 56.5 Å². The Labute approximate surface area is 166 Å². The standard InChI is InChI=1S/C8H20N2.C4H10N.2Al.2Li.5H/c1-5-9(6-2)10(7-3)8-4;1-3-5-4-2;;;;;;;;;/h5-8H2,1-4H3;3-4H2,1-2H3;;;;;;;;;/q;-1;;+1;;+1;;;;;-1. The van der Waals surface area contributed by atoms with Crippen LogP contribution in [0.15, 0.2) is 0 Å². The Bertz CT molecular complexity index is 130. The number of hydrogen-bond donors (Lipinski definition) is 0. The molecular formula is C12H35Al2Li2N3. The van der Waals surface area contributed by atoms with E-state index in [1.165, 1.54) is 13.1 Å². The van der Waals surface area contributed by atoms with E-state index in [1.54, 1.807) is 0 Å². The Morgan fingerprint density at radius 3 is 0.947 bits per heavy atom. The summed E-state index contributed by atoms with van der Waals surface area (Å²) in [5.41, 5.74) is 0. The average Bonchev–Trinajstić information content (AvgIpc) is 2.35. The normalized spacial score (nSPS) is 9.11. The van der Waals surface area contributed by atoms with E-state index in [0.29, 0.717) is 0 Å². The molecule has 106 valence electrons. The van der Waals surface area contributed by atoms with E-state index >= 15 is 0 Å². The van der Waals surface area contributed by atoms with E-state index < -0.39 is 0 Å². The first kappa shape index (κ1) is 32.9. The molecule has 0 atom stereocenters. The maximum absolute atomic E-state index is 2.36. The van der Waals surface area contributed by atoms with Crippen LogP contribution in [0.2, 0.25) is 0 Å². The van der Waals surface area contributed by atoms with E-state index in [1.807, 2.05) is 16.5 Å². The monoisotopic (exact) mass is 289 g/mol. The molecule has 0 bridgehead atoms. The minimum atomic E-state index is 0. The zero-order valence-electron chi connectivity index (χ0n) is 15.3. The van der Waals surface area contributed by atoms with Gasteiger partial charge in [-0.2, -0.15) is 0 Å². The van der Waals surface area contributed by atoms with Crippen LogP contribution < -0.4 is 18.9 Å². The molecule has 0 aliphatic heterocycles. The van der Waals surface area contributed by atoms with E-state index in [4.69, 9.17) is 0 Å². The van der Waals surface area contributed by atoms with Crippen LogP contribution >= 0.6 is 0 Å². The molecule has 0 spiro atoms. The molecule has 0 aliphatic carbocycles. The Kier molecular flexibility index (Phi) is 43.5. The molecular weight excluding hydrogens is 254 g/mol. The summed E-state index contributed by atoms with van der Waals surface area (Å²) in [6.07, 6.45) is 0. The van der Waals surface area contributed by atoms with Crippen LogP contribution in [0.1, 0.15) is 43.0 Å². The number of hydrogen-bond acceptors (Lipinski definition) is 3. The maximum atomic E-state index is 2.36. The minimum absolute atomic E-state index is 0. The van der Waals surface area contributed by atoms with Crippen LogP contribution in [0, 0.1) is 0 Å². The fourth-order valence-corrected chi connectivity index (χ4v) is 1.47. The third kappa shape index (κ3) is 20.1. The number of hydrazine groups is 1. The molecule has 7 heteroatoms. The van der Waals surface area contributed by atoms with Crippen LogP contribution in [-0.2, 0) is 0 Å². The molecule has 0 aromatic rings. The fourth-order valence-electron chi connectivity index (χ4n) is 1.47. The molecule has 0 saturated heterocycles. The molecule has 0 aromatic heterocycles. The molecule has 2 radical (unpaired) electrons. The third-order valence-electron chi connectivity index (χ3n) is 2.75. The van der Waals surface area contributed by atoms with Crippen molar-refractivity contribution in [2.24, 2.45) is 0 Å². The second-order valence-corrected chi connectivity index (χ2v) is 4.48. The van der Waals surface area contributed by atoms with Crippen molar-refractivity contribution >= 4 is 52.7 Å². The van der Waals surface area contributed by atoms with Crippen molar-refractivity contribution in [3.63, 3.8) is 0 Å². The SMILES string of the molecule is CCN(CC)N(CC)CC.CC[N]([AlH])CC.[AlH3].[H-].[Li+].[Li]. The van der Waals surface area contributed by atoms with Gasteiger partial charge in [-0.05, 0) is 13.1 Å². The van der Waals surface area contributed by atoms with Crippen molar-refractivity contribution < 1.29 is 20.3 Å². The predicted molar refractivity (Wildman–Crippen MR) is 92.7 cm³/mol. The zero-order valence-corrected chi connectivity index (χ0v) is 15.7. The molecule has 19 heavy (non-hydrogen) atoms. The Morgan fingerprint density at radius 1 is 0.684 bits per heavy atom. The molecule has 0 rings (SSSR count). The van der Waals surface area contributed by atoms with E-state index in [2.05, 4.69) is 55.4 Å². The van der Waals surface area contributed by atoms with Gasteiger partial charge in [0.1, 0.15) is 0 Å². The molecule has 3 nitrogen and oxygen atoms in total. The van der Waals surface area contributed by atoms with E-state index in [0.717, 1.165) is 26.2 Å². The Balaban J connectivity index is -0.0000000440. The molecule has 0 aliphatic rings. The molecule has 0 aromatic carbocycles. The average molecular weight is 289 g/mol. The Hall–Kier alpha value is 2.14. The third-order valence-corrected chi connectivity index (χ3v) is 3.65.